The van der Waals surface area contributed by atoms with E-state index in [9.17, 15) is 4.79 Å². The van der Waals surface area contributed by atoms with Crippen molar-refractivity contribution >= 4 is 5.91 Å². The van der Waals surface area contributed by atoms with Crippen molar-refractivity contribution in [3.05, 3.63) is 88.5 Å². The van der Waals surface area contributed by atoms with Gasteiger partial charge in [-0.05, 0) is 56.7 Å². The molecule has 0 aliphatic heterocycles. The summed E-state index contributed by atoms with van der Waals surface area (Å²) < 4.78 is 0. The van der Waals surface area contributed by atoms with Crippen molar-refractivity contribution in [1.29, 1.82) is 0 Å². The number of hydrogen-bond donors (Lipinski definition) is 2. The molecule has 0 aromatic carbocycles. The normalized spacial score (nSPS) is 10.8. The quantitative estimate of drug-likeness (QED) is 0.503. The molecule has 0 fully saturated rings. The summed E-state index contributed by atoms with van der Waals surface area (Å²) in [4.78, 5) is 30.1. The van der Waals surface area contributed by atoms with Crippen LogP contribution in [0, 0.1) is 20.8 Å². The number of pyridine rings is 2. The van der Waals surface area contributed by atoms with Crippen LogP contribution in [0.1, 0.15) is 44.5 Å². The van der Waals surface area contributed by atoms with Gasteiger partial charge in [0, 0.05) is 48.0 Å². The Balaban J connectivity index is 1.45. The molecule has 0 saturated carbocycles. The minimum Gasteiger partial charge on any atom is -0.347 e. The lowest BCUT2D eigenvalue weighted by atomic mass is 10.2. The fraction of sp³-hybridized carbons (Fsp3) is 0.217. The van der Waals surface area contributed by atoms with Crippen LogP contribution in [-0.2, 0) is 13.0 Å². The maximum absolute atomic E-state index is 12.4. The molecular formula is C23H23N7O. The molecule has 31 heavy (non-hydrogen) atoms. The van der Waals surface area contributed by atoms with Gasteiger partial charge in [0.2, 0.25) is 0 Å². The number of H-pyrrole nitrogens is 1. The first-order chi connectivity index (χ1) is 15.0. The Morgan fingerprint density at radius 1 is 0.935 bits per heavy atom. The zero-order valence-electron chi connectivity index (χ0n) is 17.7. The van der Waals surface area contributed by atoms with Crippen LogP contribution in [-0.4, -0.2) is 36.0 Å². The van der Waals surface area contributed by atoms with Gasteiger partial charge in [0.15, 0.2) is 5.82 Å². The molecule has 1 amide bonds. The van der Waals surface area contributed by atoms with E-state index in [0.717, 1.165) is 39.6 Å². The van der Waals surface area contributed by atoms with Gasteiger partial charge in [-0.25, -0.2) is 9.97 Å². The third-order valence-electron chi connectivity index (χ3n) is 4.71. The van der Waals surface area contributed by atoms with Crippen molar-refractivity contribution in [3.63, 3.8) is 0 Å². The molecule has 0 aliphatic carbocycles. The number of aromatic nitrogens is 6. The highest BCUT2D eigenvalue weighted by molar-refractivity contribution is 5.92. The number of nitrogens with zero attached hydrogens (tertiary/aromatic N) is 5. The molecule has 4 aromatic rings. The van der Waals surface area contributed by atoms with Crippen LogP contribution >= 0.6 is 0 Å². The van der Waals surface area contributed by atoms with E-state index in [2.05, 4.69) is 35.5 Å². The molecule has 0 saturated heterocycles. The number of hydrogen-bond acceptors (Lipinski definition) is 6. The second kappa shape index (κ2) is 8.83. The molecule has 0 radical (unpaired) electrons. The Kier molecular flexibility index (Phi) is 5.79. The van der Waals surface area contributed by atoms with E-state index in [1.807, 2.05) is 51.1 Å². The third-order valence-corrected chi connectivity index (χ3v) is 4.71. The summed E-state index contributed by atoms with van der Waals surface area (Å²) in [7, 11) is 0. The van der Waals surface area contributed by atoms with Crippen LogP contribution in [0.5, 0.6) is 0 Å². The summed E-state index contributed by atoms with van der Waals surface area (Å²) in [6, 6.07) is 11.3. The van der Waals surface area contributed by atoms with Crippen LogP contribution in [0.3, 0.4) is 0 Å². The molecule has 0 spiro atoms. The van der Waals surface area contributed by atoms with Crippen molar-refractivity contribution in [1.82, 2.24) is 35.5 Å². The molecule has 8 nitrogen and oxygen atoms in total. The number of rotatable bonds is 6. The van der Waals surface area contributed by atoms with E-state index in [1.165, 1.54) is 0 Å². The van der Waals surface area contributed by atoms with Gasteiger partial charge in [-0.3, -0.25) is 19.9 Å². The molecule has 0 unspecified atom stereocenters. The van der Waals surface area contributed by atoms with Crippen LogP contribution < -0.4 is 5.32 Å². The summed E-state index contributed by atoms with van der Waals surface area (Å²) >= 11 is 0. The Morgan fingerprint density at radius 3 is 2.48 bits per heavy atom. The predicted molar refractivity (Wildman–Crippen MR) is 116 cm³/mol. The van der Waals surface area contributed by atoms with Crippen LogP contribution in [0.15, 0.2) is 48.8 Å². The zero-order valence-corrected chi connectivity index (χ0v) is 17.7. The highest BCUT2D eigenvalue weighted by atomic mass is 16.1. The Bertz CT molecular complexity index is 1200. The number of carbonyl (C=O) groups is 1. The van der Waals surface area contributed by atoms with E-state index in [-0.39, 0.29) is 5.91 Å². The van der Waals surface area contributed by atoms with Crippen LogP contribution in [0.2, 0.25) is 0 Å². The maximum Gasteiger partial charge on any atom is 0.270 e. The second-order valence-electron chi connectivity index (χ2n) is 7.47. The molecule has 4 heterocycles. The first kappa shape index (κ1) is 20.3. The number of amides is 1. The van der Waals surface area contributed by atoms with Crippen molar-refractivity contribution in [3.8, 4) is 11.4 Å². The largest absolute Gasteiger partial charge is 0.347 e. The standard InChI is InChI=1S/C23H23N7O/c1-14-4-5-17(11-24-14)12-26-23(31)21-7-6-18(13-25-21)22-27-15(2)8-19(28-22)10-20-9-16(3)29-30-20/h4-9,11,13H,10,12H2,1-3H3,(H,26,31)(H,29,30). The second-order valence-corrected chi connectivity index (χ2v) is 7.47. The molecule has 8 heteroatoms. The lowest BCUT2D eigenvalue weighted by molar-refractivity contribution is 0.0946. The van der Waals surface area contributed by atoms with Gasteiger partial charge in [0.25, 0.3) is 5.91 Å². The minimum absolute atomic E-state index is 0.244. The summed E-state index contributed by atoms with van der Waals surface area (Å²) in [5.41, 5.74) is 6.64. The molecule has 0 aliphatic rings. The van der Waals surface area contributed by atoms with Gasteiger partial charge < -0.3 is 5.32 Å². The monoisotopic (exact) mass is 413 g/mol. The third kappa shape index (κ3) is 5.16. The Labute approximate surface area is 180 Å². The Hall–Kier alpha value is -3.94. The van der Waals surface area contributed by atoms with Gasteiger partial charge in [-0.1, -0.05) is 6.07 Å². The molecular weight excluding hydrogens is 390 g/mol. The molecule has 4 rings (SSSR count). The predicted octanol–water partition coefficient (Wildman–Crippen LogP) is 3.10. The van der Waals surface area contributed by atoms with Gasteiger partial charge >= 0.3 is 0 Å². The average molecular weight is 413 g/mol. The topological polar surface area (TPSA) is 109 Å². The average Bonchev–Trinajstić information content (AvgIpc) is 3.17. The lowest BCUT2D eigenvalue weighted by Crippen LogP contribution is -2.23. The SMILES string of the molecule is Cc1ccc(CNC(=O)c2ccc(-c3nc(C)cc(Cc4cc(C)[nH]n4)n3)cn2)cn1. The van der Waals surface area contributed by atoms with E-state index in [0.29, 0.717) is 24.5 Å². The maximum atomic E-state index is 12.4. The van der Waals surface area contributed by atoms with Crippen molar-refractivity contribution in [2.24, 2.45) is 0 Å². The highest BCUT2D eigenvalue weighted by Crippen LogP contribution is 2.17. The van der Waals surface area contributed by atoms with Crippen LogP contribution in [0.25, 0.3) is 11.4 Å². The van der Waals surface area contributed by atoms with E-state index >= 15 is 0 Å². The van der Waals surface area contributed by atoms with Crippen molar-refractivity contribution in [2.75, 3.05) is 0 Å². The number of nitrogens with one attached hydrogen (secondary N) is 2. The van der Waals surface area contributed by atoms with Gasteiger partial charge in [0.1, 0.15) is 5.69 Å². The first-order valence-electron chi connectivity index (χ1n) is 9.98. The summed E-state index contributed by atoms with van der Waals surface area (Å²) in [6.07, 6.45) is 3.99. The smallest absolute Gasteiger partial charge is 0.270 e. The summed E-state index contributed by atoms with van der Waals surface area (Å²) in [6.45, 7) is 6.22. The van der Waals surface area contributed by atoms with Gasteiger partial charge in [0.05, 0.1) is 11.4 Å². The summed E-state index contributed by atoms with van der Waals surface area (Å²) in [5.74, 6) is 0.333. The number of carbonyl (C=O) groups excluding carboxylic acids is 1. The molecule has 0 bridgehead atoms. The van der Waals surface area contributed by atoms with Crippen LogP contribution in [0.4, 0.5) is 0 Å². The van der Waals surface area contributed by atoms with E-state index in [4.69, 9.17) is 0 Å². The molecule has 156 valence electrons. The van der Waals surface area contributed by atoms with Crippen molar-refractivity contribution < 1.29 is 4.79 Å². The number of aromatic amines is 1. The first-order valence-corrected chi connectivity index (χ1v) is 9.98. The molecule has 2 N–H and O–H groups in total. The molecule has 4 aromatic heterocycles. The van der Waals surface area contributed by atoms with E-state index in [1.54, 1.807) is 18.5 Å². The fourth-order valence-electron chi connectivity index (χ4n) is 3.14. The summed E-state index contributed by atoms with van der Waals surface area (Å²) in [5, 5.41) is 10.1. The van der Waals surface area contributed by atoms with Gasteiger partial charge in [-0.15, -0.1) is 0 Å². The number of aryl methyl sites for hydroxylation is 3. The van der Waals surface area contributed by atoms with Crippen molar-refractivity contribution in [2.45, 2.75) is 33.7 Å². The minimum atomic E-state index is -0.244. The van der Waals surface area contributed by atoms with Gasteiger partial charge in [-0.2, -0.15) is 5.10 Å². The Morgan fingerprint density at radius 2 is 1.81 bits per heavy atom. The highest BCUT2D eigenvalue weighted by Gasteiger charge is 2.11. The zero-order chi connectivity index (χ0) is 21.8. The van der Waals surface area contributed by atoms with E-state index < -0.39 is 0 Å². The fourth-order valence-corrected chi connectivity index (χ4v) is 3.14. The molecule has 0 atom stereocenters. The lowest BCUT2D eigenvalue weighted by Gasteiger charge is -2.07.